The second-order valence-electron chi connectivity index (χ2n) is 3.97. The Balaban J connectivity index is 2.01. The van der Waals surface area contributed by atoms with E-state index in [1.807, 2.05) is 0 Å². The summed E-state index contributed by atoms with van der Waals surface area (Å²) < 4.78 is 15.0. The summed E-state index contributed by atoms with van der Waals surface area (Å²) >= 11 is 0. The van der Waals surface area contributed by atoms with Gasteiger partial charge in [0.1, 0.15) is 29.4 Å². The highest BCUT2D eigenvalue weighted by Crippen LogP contribution is 2.16. The monoisotopic (exact) mass is 275 g/mol. The van der Waals surface area contributed by atoms with Crippen LogP contribution in [0.15, 0.2) is 34.9 Å². The molecule has 6 heteroatoms. The second kappa shape index (κ2) is 6.01. The summed E-state index contributed by atoms with van der Waals surface area (Å²) in [6, 6.07) is 6.44. The highest BCUT2D eigenvalue weighted by atomic mass is 16.5. The van der Waals surface area contributed by atoms with Crippen molar-refractivity contribution in [2.45, 2.75) is 13.5 Å². The average molecular weight is 275 g/mol. The summed E-state index contributed by atoms with van der Waals surface area (Å²) in [5.74, 6) is -0.263. The zero-order valence-corrected chi connectivity index (χ0v) is 11.1. The molecule has 20 heavy (non-hydrogen) atoms. The van der Waals surface area contributed by atoms with Crippen LogP contribution in [0.1, 0.15) is 32.4 Å². The van der Waals surface area contributed by atoms with Crippen LogP contribution in [0.5, 0.6) is 0 Å². The van der Waals surface area contributed by atoms with Gasteiger partial charge in [-0.3, -0.25) is 0 Å². The van der Waals surface area contributed by atoms with Gasteiger partial charge in [0.15, 0.2) is 0 Å². The molecule has 0 aliphatic carbocycles. The van der Waals surface area contributed by atoms with E-state index in [9.17, 15) is 9.59 Å². The Morgan fingerprint density at radius 1 is 1.30 bits per heavy atom. The molecule has 2 aromatic heterocycles. The maximum Gasteiger partial charge on any atom is 0.357 e. The van der Waals surface area contributed by atoms with E-state index in [-0.39, 0.29) is 12.3 Å². The van der Waals surface area contributed by atoms with E-state index in [1.54, 1.807) is 25.1 Å². The quantitative estimate of drug-likeness (QED) is 0.795. The molecule has 0 fully saturated rings. The van der Waals surface area contributed by atoms with Crippen molar-refractivity contribution in [2.24, 2.45) is 0 Å². The number of hydrogen-bond acceptors (Lipinski definition) is 6. The lowest BCUT2D eigenvalue weighted by Gasteiger charge is -2.01. The van der Waals surface area contributed by atoms with Crippen LogP contribution in [0.3, 0.4) is 0 Å². The van der Waals surface area contributed by atoms with Gasteiger partial charge in [0.2, 0.25) is 0 Å². The lowest BCUT2D eigenvalue weighted by molar-refractivity contribution is 0.0437. The van der Waals surface area contributed by atoms with Gasteiger partial charge in [-0.05, 0) is 25.1 Å². The van der Waals surface area contributed by atoms with Crippen LogP contribution in [-0.4, -0.2) is 24.0 Å². The summed E-state index contributed by atoms with van der Waals surface area (Å²) in [6.07, 6.45) is 1.50. The minimum Gasteiger partial charge on any atom is -0.465 e. The number of rotatable bonds is 4. The molecule has 0 aliphatic heterocycles. The fourth-order valence-corrected chi connectivity index (χ4v) is 1.62. The Kier molecular flexibility index (Phi) is 4.14. The maximum absolute atomic E-state index is 11.7. The summed E-state index contributed by atoms with van der Waals surface area (Å²) in [4.78, 5) is 27.0. The fraction of sp³-hybridized carbons (Fsp3) is 0.214. The third kappa shape index (κ3) is 3.03. The molecule has 0 unspecified atom stereocenters. The smallest absolute Gasteiger partial charge is 0.357 e. The summed E-state index contributed by atoms with van der Waals surface area (Å²) in [5, 5.41) is 0. The number of carbonyl (C=O) groups is 2. The molecular formula is C14H13NO5. The number of hydrogen-bond donors (Lipinski definition) is 0. The Bertz CT molecular complexity index is 618. The van der Waals surface area contributed by atoms with Gasteiger partial charge in [-0.2, -0.15) is 0 Å². The van der Waals surface area contributed by atoms with E-state index in [0.717, 1.165) is 0 Å². The Morgan fingerprint density at radius 3 is 2.75 bits per heavy atom. The van der Waals surface area contributed by atoms with Crippen LogP contribution in [0.4, 0.5) is 0 Å². The predicted octanol–water partition coefficient (Wildman–Crippen LogP) is 2.13. The lowest BCUT2D eigenvalue weighted by atomic mass is 10.2. The van der Waals surface area contributed by atoms with Gasteiger partial charge < -0.3 is 13.9 Å². The fourth-order valence-electron chi connectivity index (χ4n) is 1.62. The molecule has 0 saturated heterocycles. The number of ether oxygens (including phenoxy) is 2. The van der Waals surface area contributed by atoms with Gasteiger partial charge in [-0.25, -0.2) is 14.6 Å². The third-order valence-electron chi connectivity index (χ3n) is 2.59. The molecule has 0 aromatic carbocycles. The van der Waals surface area contributed by atoms with Crippen molar-refractivity contribution >= 4 is 11.9 Å². The molecule has 0 atom stereocenters. The molecule has 2 rings (SSSR count). The van der Waals surface area contributed by atoms with Crippen molar-refractivity contribution < 1.29 is 23.5 Å². The number of pyridine rings is 1. The average Bonchev–Trinajstić information content (AvgIpc) is 2.86. The van der Waals surface area contributed by atoms with Gasteiger partial charge in [0, 0.05) is 6.20 Å². The Labute approximate surface area is 115 Å². The number of aromatic nitrogens is 1. The SMILES string of the molecule is COC(=O)c1cc(COC(=O)c2ccccn2)oc1C. The molecule has 0 amide bonds. The standard InChI is InChI=1S/C14H13NO5/c1-9-11(13(16)18-2)7-10(20-9)8-19-14(17)12-5-3-4-6-15-12/h3-7H,8H2,1-2H3. The normalized spacial score (nSPS) is 10.1. The van der Waals surface area contributed by atoms with Gasteiger partial charge in [0.05, 0.1) is 7.11 Å². The topological polar surface area (TPSA) is 78.6 Å². The highest BCUT2D eigenvalue weighted by molar-refractivity contribution is 5.90. The number of furan rings is 1. The first kappa shape index (κ1) is 13.8. The molecule has 0 spiro atoms. The summed E-state index contributed by atoms with van der Waals surface area (Å²) in [7, 11) is 1.29. The number of aryl methyl sites for hydroxylation is 1. The number of carbonyl (C=O) groups excluding carboxylic acids is 2. The minimum absolute atomic E-state index is 0.0761. The van der Waals surface area contributed by atoms with E-state index in [2.05, 4.69) is 9.72 Å². The molecule has 0 radical (unpaired) electrons. The molecule has 0 bridgehead atoms. The maximum atomic E-state index is 11.7. The lowest BCUT2D eigenvalue weighted by Crippen LogP contribution is -2.06. The molecular weight excluding hydrogens is 262 g/mol. The third-order valence-corrected chi connectivity index (χ3v) is 2.59. The van der Waals surface area contributed by atoms with Crippen molar-refractivity contribution in [2.75, 3.05) is 7.11 Å². The number of methoxy groups -OCH3 is 1. The van der Waals surface area contributed by atoms with E-state index in [4.69, 9.17) is 9.15 Å². The van der Waals surface area contributed by atoms with Gasteiger partial charge >= 0.3 is 11.9 Å². The molecule has 2 heterocycles. The first-order chi connectivity index (χ1) is 9.61. The zero-order valence-electron chi connectivity index (χ0n) is 11.1. The predicted molar refractivity (Wildman–Crippen MR) is 68.1 cm³/mol. The van der Waals surface area contributed by atoms with E-state index < -0.39 is 11.9 Å². The largest absolute Gasteiger partial charge is 0.465 e. The molecule has 0 aliphatic rings. The molecule has 2 aromatic rings. The van der Waals surface area contributed by atoms with E-state index in [0.29, 0.717) is 17.1 Å². The van der Waals surface area contributed by atoms with Crippen molar-refractivity contribution in [3.05, 3.63) is 53.2 Å². The molecule has 6 nitrogen and oxygen atoms in total. The van der Waals surface area contributed by atoms with Crippen LogP contribution in [0, 0.1) is 6.92 Å². The van der Waals surface area contributed by atoms with Crippen molar-refractivity contribution in [1.29, 1.82) is 0 Å². The Morgan fingerprint density at radius 2 is 2.10 bits per heavy atom. The van der Waals surface area contributed by atoms with E-state index in [1.165, 1.54) is 19.4 Å². The van der Waals surface area contributed by atoms with Crippen LogP contribution in [0.25, 0.3) is 0 Å². The highest BCUT2D eigenvalue weighted by Gasteiger charge is 2.16. The second-order valence-corrected chi connectivity index (χ2v) is 3.97. The zero-order chi connectivity index (χ0) is 14.5. The van der Waals surface area contributed by atoms with Crippen molar-refractivity contribution in [3.63, 3.8) is 0 Å². The van der Waals surface area contributed by atoms with Crippen LogP contribution >= 0.6 is 0 Å². The first-order valence-corrected chi connectivity index (χ1v) is 5.87. The number of nitrogens with zero attached hydrogens (tertiary/aromatic N) is 1. The van der Waals surface area contributed by atoms with Crippen molar-refractivity contribution in [1.82, 2.24) is 4.98 Å². The minimum atomic E-state index is -0.556. The Hall–Kier alpha value is -2.63. The number of esters is 2. The van der Waals surface area contributed by atoms with Gasteiger partial charge in [-0.1, -0.05) is 6.07 Å². The van der Waals surface area contributed by atoms with Crippen LogP contribution < -0.4 is 0 Å². The van der Waals surface area contributed by atoms with Gasteiger partial charge in [-0.15, -0.1) is 0 Å². The van der Waals surface area contributed by atoms with Crippen molar-refractivity contribution in [3.8, 4) is 0 Å². The van der Waals surface area contributed by atoms with Gasteiger partial charge in [0.25, 0.3) is 0 Å². The van der Waals surface area contributed by atoms with E-state index >= 15 is 0 Å². The summed E-state index contributed by atoms with van der Waals surface area (Å²) in [6.45, 7) is 1.56. The first-order valence-electron chi connectivity index (χ1n) is 5.87. The molecule has 104 valence electrons. The van der Waals surface area contributed by atoms with Crippen LogP contribution in [-0.2, 0) is 16.1 Å². The summed E-state index contributed by atoms with van der Waals surface area (Å²) in [5.41, 5.74) is 0.528. The van der Waals surface area contributed by atoms with Crippen LogP contribution in [0.2, 0.25) is 0 Å². The molecule has 0 saturated carbocycles. The molecule has 0 N–H and O–H groups in total.